The highest BCUT2D eigenvalue weighted by Crippen LogP contribution is 2.32. The maximum atomic E-state index is 12.7. The summed E-state index contributed by atoms with van der Waals surface area (Å²) < 4.78 is 0. The molecule has 2 amide bonds. The number of nitrogens with zero attached hydrogens (tertiary/aromatic N) is 1. The fourth-order valence-corrected chi connectivity index (χ4v) is 3.16. The number of benzene rings is 2. The van der Waals surface area contributed by atoms with Crippen molar-refractivity contribution in [3.63, 3.8) is 0 Å². The maximum absolute atomic E-state index is 12.7. The Kier molecular flexibility index (Phi) is 3.90. The number of hydrogen-bond acceptors (Lipinski definition) is 2. The van der Waals surface area contributed by atoms with Gasteiger partial charge in [-0.2, -0.15) is 0 Å². The van der Waals surface area contributed by atoms with Crippen molar-refractivity contribution < 1.29 is 9.59 Å². The van der Waals surface area contributed by atoms with Gasteiger partial charge in [-0.05, 0) is 49.9 Å². The lowest BCUT2D eigenvalue weighted by Crippen LogP contribution is -2.43. The Morgan fingerprint density at radius 2 is 1.70 bits per heavy atom. The number of nitrogens with one attached hydrogen (secondary N) is 1. The third-order valence-corrected chi connectivity index (χ3v) is 4.34. The second kappa shape index (κ2) is 5.88. The van der Waals surface area contributed by atoms with Crippen LogP contribution in [0.3, 0.4) is 0 Å². The predicted octanol–water partition coefficient (Wildman–Crippen LogP) is 3.22. The molecule has 0 radical (unpaired) electrons. The summed E-state index contributed by atoms with van der Waals surface area (Å²) in [6, 6.07) is 13.5. The first-order chi connectivity index (χ1) is 11.0. The fourth-order valence-electron chi connectivity index (χ4n) is 3.16. The van der Waals surface area contributed by atoms with Gasteiger partial charge in [-0.15, -0.1) is 0 Å². The molecule has 118 valence electrons. The Bertz CT molecular complexity index is 762. The minimum atomic E-state index is -0.592. The van der Waals surface area contributed by atoms with Crippen LogP contribution in [0.4, 0.5) is 11.4 Å². The van der Waals surface area contributed by atoms with E-state index >= 15 is 0 Å². The van der Waals surface area contributed by atoms with E-state index in [0.29, 0.717) is 5.69 Å². The summed E-state index contributed by atoms with van der Waals surface area (Å²) in [5, 5.41) is 2.78. The van der Waals surface area contributed by atoms with Gasteiger partial charge in [0.2, 0.25) is 0 Å². The number of carbonyl (C=O) groups excluding carboxylic acids is 2. The summed E-state index contributed by atoms with van der Waals surface area (Å²) >= 11 is 0. The summed E-state index contributed by atoms with van der Waals surface area (Å²) in [4.78, 5) is 26.7. The topological polar surface area (TPSA) is 49.4 Å². The molecule has 3 rings (SSSR count). The molecule has 0 fully saturated rings. The molecule has 0 aromatic heterocycles. The molecule has 23 heavy (non-hydrogen) atoms. The molecule has 2 aromatic rings. The van der Waals surface area contributed by atoms with E-state index in [4.69, 9.17) is 0 Å². The summed E-state index contributed by atoms with van der Waals surface area (Å²) in [7, 11) is 0. The zero-order chi connectivity index (χ0) is 16.6. The molecular formula is C19H20N2O2. The maximum Gasteiger partial charge on any atom is 0.316 e. The Morgan fingerprint density at radius 3 is 2.39 bits per heavy atom. The first-order valence-electron chi connectivity index (χ1n) is 7.77. The third-order valence-electron chi connectivity index (χ3n) is 4.34. The van der Waals surface area contributed by atoms with Gasteiger partial charge in [0.1, 0.15) is 0 Å². The Hall–Kier alpha value is -2.62. The van der Waals surface area contributed by atoms with Gasteiger partial charge < -0.3 is 10.2 Å². The standard InChI is InChI=1S/C19H20N2O2/c1-12-7-6-8-13(2)17(12)20-18(22)19(23)21-14(3)11-15-9-4-5-10-16(15)21/h4-10,14H,11H2,1-3H3,(H,20,22). The average Bonchev–Trinajstić information content (AvgIpc) is 2.86. The van der Waals surface area contributed by atoms with Crippen LogP contribution in [0.5, 0.6) is 0 Å². The summed E-state index contributed by atoms with van der Waals surface area (Å²) in [6.45, 7) is 5.80. The Labute approximate surface area is 136 Å². The number of anilines is 2. The molecule has 1 N–H and O–H groups in total. The zero-order valence-corrected chi connectivity index (χ0v) is 13.6. The SMILES string of the molecule is Cc1cccc(C)c1NC(=O)C(=O)N1c2ccccc2CC1C. The molecule has 0 saturated heterocycles. The van der Waals surface area contributed by atoms with E-state index in [9.17, 15) is 9.59 Å². The first kappa shape index (κ1) is 15.3. The van der Waals surface area contributed by atoms with Crippen LogP contribution in [-0.4, -0.2) is 17.9 Å². The van der Waals surface area contributed by atoms with Crippen LogP contribution in [0.2, 0.25) is 0 Å². The lowest BCUT2D eigenvalue weighted by Gasteiger charge is -2.22. The van der Waals surface area contributed by atoms with Gasteiger partial charge in [0.05, 0.1) is 0 Å². The fraction of sp³-hybridized carbons (Fsp3) is 0.263. The highest BCUT2D eigenvalue weighted by Gasteiger charge is 2.34. The van der Waals surface area contributed by atoms with Crippen molar-refractivity contribution in [1.82, 2.24) is 0 Å². The molecule has 0 bridgehead atoms. The van der Waals surface area contributed by atoms with Gasteiger partial charge in [0.15, 0.2) is 0 Å². The highest BCUT2D eigenvalue weighted by molar-refractivity contribution is 6.44. The van der Waals surface area contributed by atoms with Crippen LogP contribution in [0.15, 0.2) is 42.5 Å². The van der Waals surface area contributed by atoms with E-state index in [0.717, 1.165) is 28.8 Å². The number of aryl methyl sites for hydroxylation is 2. The van der Waals surface area contributed by atoms with Crippen molar-refractivity contribution in [2.75, 3.05) is 10.2 Å². The van der Waals surface area contributed by atoms with Gasteiger partial charge in [0.25, 0.3) is 0 Å². The summed E-state index contributed by atoms with van der Waals surface area (Å²) in [5.74, 6) is -1.10. The molecular weight excluding hydrogens is 288 g/mol. The lowest BCUT2D eigenvalue weighted by molar-refractivity contribution is -0.134. The number of carbonyl (C=O) groups is 2. The average molecular weight is 308 g/mol. The van der Waals surface area contributed by atoms with Crippen LogP contribution < -0.4 is 10.2 Å². The van der Waals surface area contributed by atoms with Gasteiger partial charge in [0, 0.05) is 17.4 Å². The van der Waals surface area contributed by atoms with Crippen molar-refractivity contribution in [1.29, 1.82) is 0 Å². The van der Waals surface area contributed by atoms with Gasteiger partial charge >= 0.3 is 11.8 Å². The van der Waals surface area contributed by atoms with E-state index in [2.05, 4.69) is 5.32 Å². The van der Waals surface area contributed by atoms with Crippen LogP contribution in [-0.2, 0) is 16.0 Å². The molecule has 4 heteroatoms. The van der Waals surface area contributed by atoms with Gasteiger partial charge in [-0.1, -0.05) is 36.4 Å². The van der Waals surface area contributed by atoms with Crippen LogP contribution in [0, 0.1) is 13.8 Å². The largest absolute Gasteiger partial charge is 0.317 e. The van der Waals surface area contributed by atoms with Crippen molar-refractivity contribution in [3.8, 4) is 0 Å². The van der Waals surface area contributed by atoms with Crippen molar-refractivity contribution in [2.24, 2.45) is 0 Å². The Morgan fingerprint density at radius 1 is 1.04 bits per heavy atom. The molecule has 1 atom stereocenters. The second-order valence-electron chi connectivity index (χ2n) is 6.08. The molecule has 4 nitrogen and oxygen atoms in total. The van der Waals surface area contributed by atoms with E-state index in [1.165, 1.54) is 0 Å². The highest BCUT2D eigenvalue weighted by atomic mass is 16.2. The molecule has 1 aliphatic rings. The van der Waals surface area contributed by atoms with Crippen LogP contribution in [0.1, 0.15) is 23.6 Å². The van der Waals surface area contributed by atoms with Gasteiger partial charge in [-0.3, -0.25) is 9.59 Å². The predicted molar refractivity (Wildman–Crippen MR) is 91.6 cm³/mol. The second-order valence-corrected chi connectivity index (χ2v) is 6.08. The molecule has 1 aliphatic heterocycles. The molecule has 2 aromatic carbocycles. The lowest BCUT2D eigenvalue weighted by atomic mass is 10.1. The number of amides is 2. The monoisotopic (exact) mass is 308 g/mol. The van der Waals surface area contributed by atoms with E-state index in [1.54, 1.807) is 4.90 Å². The molecule has 0 saturated carbocycles. The van der Waals surface area contributed by atoms with Crippen molar-refractivity contribution in [3.05, 3.63) is 59.2 Å². The summed E-state index contributed by atoms with van der Waals surface area (Å²) in [5.41, 5.74) is 4.54. The minimum Gasteiger partial charge on any atom is -0.317 e. The first-order valence-corrected chi connectivity index (χ1v) is 7.77. The number of para-hydroxylation sites is 2. The minimum absolute atomic E-state index is 0.0105. The van der Waals surface area contributed by atoms with Crippen molar-refractivity contribution >= 4 is 23.2 Å². The van der Waals surface area contributed by atoms with E-state index in [-0.39, 0.29) is 6.04 Å². The molecule has 0 aliphatic carbocycles. The van der Waals surface area contributed by atoms with E-state index < -0.39 is 11.8 Å². The summed E-state index contributed by atoms with van der Waals surface area (Å²) in [6.07, 6.45) is 0.776. The quantitative estimate of drug-likeness (QED) is 0.822. The molecule has 1 unspecified atom stereocenters. The van der Waals surface area contributed by atoms with E-state index in [1.807, 2.05) is 63.2 Å². The molecule has 1 heterocycles. The number of fused-ring (bicyclic) bond motifs is 1. The Balaban J connectivity index is 1.85. The van der Waals surface area contributed by atoms with Crippen molar-refractivity contribution in [2.45, 2.75) is 33.2 Å². The van der Waals surface area contributed by atoms with Crippen LogP contribution >= 0.6 is 0 Å². The zero-order valence-electron chi connectivity index (χ0n) is 13.6. The van der Waals surface area contributed by atoms with Crippen LogP contribution in [0.25, 0.3) is 0 Å². The normalized spacial score (nSPS) is 16.1. The number of hydrogen-bond donors (Lipinski definition) is 1. The van der Waals surface area contributed by atoms with Gasteiger partial charge in [-0.25, -0.2) is 0 Å². The molecule has 0 spiro atoms. The smallest absolute Gasteiger partial charge is 0.316 e. The number of rotatable bonds is 1. The third kappa shape index (κ3) is 2.72.